The number of nitrogens with zero attached hydrogens (tertiary/aromatic N) is 2. The van der Waals surface area contributed by atoms with Gasteiger partial charge >= 0.3 is 6.03 Å². The van der Waals surface area contributed by atoms with Crippen molar-refractivity contribution in [2.24, 2.45) is 0 Å². The van der Waals surface area contributed by atoms with Crippen LogP contribution in [0.4, 0.5) is 4.79 Å². The Morgan fingerprint density at radius 3 is 2.58 bits per heavy atom. The lowest BCUT2D eigenvalue weighted by molar-refractivity contribution is 0.0762. The van der Waals surface area contributed by atoms with E-state index in [0.717, 1.165) is 12.8 Å². The zero-order chi connectivity index (χ0) is 17.5. The van der Waals surface area contributed by atoms with Crippen molar-refractivity contribution in [3.63, 3.8) is 0 Å². The Labute approximate surface area is 147 Å². The summed E-state index contributed by atoms with van der Waals surface area (Å²) in [5.74, 6) is 0.504. The summed E-state index contributed by atoms with van der Waals surface area (Å²) in [6.45, 7) is 4.96. The second kappa shape index (κ2) is 8.78. The van der Waals surface area contributed by atoms with E-state index in [1.54, 1.807) is 35.1 Å². The molecular formula is C17H24ClN3O3. The number of carbonyl (C=O) groups excluding carboxylic acids is 2. The van der Waals surface area contributed by atoms with Gasteiger partial charge < -0.3 is 19.9 Å². The topological polar surface area (TPSA) is 61.9 Å². The first-order chi connectivity index (χ1) is 11.6. The van der Waals surface area contributed by atoms with Gasteiger partial charge in [0.05, 0.1) is 17.7 Å². The minimum Gasteiger partial charge on any atom is -0.497 e. The molecule has 1 fully saturated rings. The number of urea groups is 1. The van der Waals surface area contributed by atoms with E-state index in [4.69, 9.17) is 16.3 Å². The molecular weight excluding hydrogens is 330 g/mol. The lowest BCUT2D eigenvalue weighted by Gasteiger charge is -2.23. The number of halogens is 1. The number of hydrogen-bond acceptors (Lipinski definition) is 3. The molecule has 132 valence electrons. The largest absolute Gasteiger partial charge is 0.497 e. The average Bonchev–Trinajstić information content (AvgIpc) is 2.85. The maximum Gasteiger partial charge on any atom is 0.317 e. The van der Waals surface area contributed by atoms with Crippen molar-refractivity contribution < 1.29 is 14.3 Å². The molecule has 1 aliphatic rings. The van der Waals surface area contributed by atoms with Crippen LogP contribution in [0.15, 0.2) is 18.2 Å². The Balaban J connectivity index is 2.00. The highest BCUT2D eigenvalue weighted by atomic mass is 35.5. The molecule has 6 nitrogen and oxygen atoms in total. The number of hydrogen-bond donors (Lipinski definition) is 1. The molecule has 0 radical (unpaired) electrons. The number of carbonyl (C=O) groups is 2. The predicted octanol–water partition coefficient (Wildman–Crippen LogP) is 2.62. The highest BCUT2D eigenvalue weighted by molar-refractivity contribution is 6.34. The Bertz CT molecular complexity index is 594. The van der Waals surface area contributed by atoms with Crippen molar-refractivity contribution in [2.75, 3.05) is 39.8 Å². The van der Waals surface area contributed by atoms with E-state index in [9.17, 15) is 9.59 Å². The molecule has 1 heterocycles. The summed E-state index contributed by atoms with van der Waals surface area (Å²) >= 11 is 6.20. The van der Waals surface area contributed by atoms with E-state index in [1.165, 1.54) is 0 Å². The average molecular weight is 354 g/mol. The first kappa shape index (κ1) is 18.4. The van der Waals surface area contributed by atoms with Crippen LogP contribution in [0.25, 0.3) is 0 Å². The second-order valence-electron chi connectivity index (χ2n) is 5.71. The van der Waals surface area contributed by atoms with Crippen LogP contribution in [0.5, 0.6) is 5.75 Å². The van der Waals surface area contributed by atoms with Crippen LogP contribution in [0.3, 0.4) is 0 Å². The molecule has 1 aromatic carbocycles. The molecule has 7 heteroatoms. The van der Waals surface area contributed by atoms with Gasteiger partial charge in [-0.15, -0.1) is 0 Å². The number of nitrogens with one attached hydrogen (secondary N) is 1. The van der Waals surface area contributed by atoms with Gasteiger partial charge in [0.1, 0.15) is 5.75 Å². The molecule has 2 rings (SSSR count). The van der Waals surface area contributed by atoms with E-state index in [2.05, 4.69) is 5.32 Å². The summed E-state index contributed by atoms with van der Waals surface area (Å²) in [4.78, 5) is 28.3. The van der Waals surface area contributed by atoms with Crippen LogP contribution in [0.1, 0.15) is 30.1 Å². The Morgan fingerprint density at radius 2 is 1.92 bits per heavy atom. The van der Waals surface area contributed by atoms with Crippen LogP contribution >= 0.6 is 11.6 Å². The predicted molar refractivity (Wildman–Crippen MR) is 93.8 cm³/mol. The van der Waals surface area contributed by atoms with Crippen LogP contribution in [0, 0.1) is 0 Å². The lowest BCUT2D eigenvalue weighted by Crippen LogP contribution is -2.42. The highest BCUT2D eigenvalue weighted by Gasteiger charge is 2.24. The van der Waals surface area contributed by atoms with Gasteiger partial charge in [0.15, 0.2) is 0 Å². The van der Waals surface area contributed by atoms with Gasteiger partial charge in [0, 0.05) is 32.7 Å². The molecule has 24 heavy (non-hydrogen) atoms. The van der Waals surface area contributed by atoms with Crippen LogP contribution in [-0.2, 0) is 0 Å². The Hall–Kier alpha value is -1.95. The Kier molecular flexibility index (Phi) is 6.73. The smallest absolute Gasteiger partial charge is 0.317 e. The van der Waals surface area contributed by atoms with Crippen molar-refractivity contribution in [1.29, 1.82) is 0 Å². The van der Waals surface area contributed by atoms with E-state index < -0.39 is 0 Å². The summed E-state index contributed by atoms with van der Waals surface area (Å²) in [6, 6.07) is 4.98. The number of methoxy groups -OCH3 is 1. The first-order valence-corrected chi connectivity index (χ1v) is 8.60. The zero-order valence-corrected chi connectivity index (χ0v) is 14.9. The van der Waals surface area contributed by atoms with E-state index in [0.29, 0.717) is 49.1 Å². The summed E-state index contributed by atoms with van der Waals surface area (Å²) in [6.07, 6.45) is 1.65. The minimum absolute atomic E-state index is 0.0615. The molecule has 0 aromatic heterocycles. The van der Waals surface area contributed by atoms with Crippen molar-refractivity contribution in [2.45, 2.75) is 19.8 Å². The third kappa shape index (κ3) is 4.54. The van der Waals surface area contributed by atoms with Gasteiger partial charge in [-0.05, 0) is 31.0 Å². The quantitative estimate of drug-likeness (QED) is 0.905. The van der Waals surface area contributed by atoms with E-state index >= 15 is 0 Å². The number of amides is 3. The summed E-state index contributed by atoms with van der Waals surface area (Å²) in [5, 5.41) is 3.25. The number of ether oxygens (including phenoxy) is 1. The van der Waals surface area contributed by atoms with Crippen LogP contribution < -0.4 is 10.1 Å². The van der Waals surface area contributed by atoms with Crippen molar-refractivity contribution in [3.05, 3.63) is 28.8 Å². The third-order valence-electron chi connectivity index (χ3n) is 4.00. The SMILES string of the molecule is CCCNC(=O)N1CCCN(C(=O)c2ccc(OC)cc2Cl)CC1. The molecule has 0 atom stereocenters. The van der Waals surface area contributed by atoms with Crippen LogP contribution in [-0.4, -0.2) is 61.6 Å². The molecule has 1 saturated heterocycles. The van der Waals surface area contributed by atoms with Gasteiger partial charge in [0.25, 0.3) is 5.91 Å². The zero-order valence-electron chi connectivity index (χ0n) is 14.2. The molecule has 3 amide bonds. The summed E-state index contributed by atoms with van der Waals surface area (Å²) < 4.78 is 5.11. The maximum atomic E-state index is 12.7. The first-order valence-electron chi connectivity index (χ1n) is 8.22. The molecule has 0 aliphatic carbocycles. The molecule has 0 bridgehead atoms. The Morgan fingerprint density at radius 1 is 1.21 bits per heavy atom. The fourth-order valence-corrected chi connectivity index (χ4v) is 2.89. The molecule has 1 aromatic rings. The molecule has 0 spiro atoms. The highest BCUT2D eigenvalue weighted by Crippen LogP contribution is 2.24. The third-order valence-corrected chi connectivity index (χ3v) is 4.32. The standard InChI is InChI=1S/C17H24ClN3O3/c1-3-7-19-17(23)21-9-4-8-20(10-11-21)16(22)14-6-5-13(24-2)12-15(14)18/h5-6,12H,3-4,7-11H2,1-2H3,(H,19,23). The summed E-state index contributed by atoms with van der Waals surface area (Å²) in [5.41, 5.74) is 0.460. The van der Waals surface area contributed by atoms with Crippen LogP contribution in [0.2, 0.25) is 5.02 Å². The van der Waals surface area contributed by atoms with Crippen molar-refractivity contribution in [1.82, 2.24) is 15.1 Å². The monoisotopic (exact) mass is 353 g/mol. The fraction of sp³-hybridized carbons (Fsp3) is 0.529. The summed E-state index contributed by atoms with van der Waals surface area (Å²) in [7, 11) is 1.56. The molecule has 1 N–H and O–H groups in total. The van der Waals surface area contributed by atoms with Crippen molar-refractivity contribution in [3.8, 4) is 5.75 Å². The van der Waals surface area contributed by atoms with Crippen molar-refractivity contribution >= 4 is 23.5 Å². The van der Waals surface area contributed by atoms with Gasteiger partial charge in [-0.2, -0.15) is 0 Å². The van der Waals surface area contributed by atoms with E-state index in [1.807, 2.05) is 6.92 Å². The minimum atomic E-state index is -0.113. The molecule has 0 unspecified atom stereocenters. The molecule has 0 saturated carbocycles. The number of benzene rings is 1. The van der Waals surface area contributed by atoms with E-state index in [-0.39, 0.29) is 11.9 Å². The fourth-order valence-electron chi connectivity index (χ4n) is 2.63. The second-order valence-corrected chi connectivity index (χ2v) is 6.12. The van der Waals surface area contributed by atoms with Gasteiger partial charge in [-0.1, -0.05) is 18.5 Å². The van der Waals surface area contributed by atoms with Gasteiger partial charge in [-0.3, -0.25) is 4.79 Å². The van der Waals surface area contributed by atoms with Gasteiger partial charge in [-0.25, -0.2) is 4.79 Å². The number of rotatable bonds is 4. The normalized spacial score (nSPS) is 15.0. The lowest BCUT2D eigenvalue weighted by atomic mass is 10.2. The molecule has 1 aliphatic heterocycles. The maximum absolute atomic E-state index is 12.7. The van der Waals surface area contributed by atoms with Gasteiger partial charge in [0.2, 0.25) is 0 Å².